The molecule has 0 radical (unpaired) electrons. The number of nitrogens with one attached hydrogen (secondary N) is 1. The van der Waals surface area contributed by atoms with E-state index in [1.54, 1.807) is 37.3 Å². The lowest BCUT2D eigenvalue weighted by Crippen LogP contribution is -2.56. The van der Waals surface area contributed by atoms with Crippen LogP contribution in [0.15, 0.2) is 59.6 Å². The Labute approximate surface area is 214 Å². The van der Waals surface area contributed by atoms with Crippen molar-refractivity contribution in [1.29, 1.82) is 0 Å². The van der Waals surface area contributed by atoms with E-state index in [1.165, 1.54) is 12.1 Å². The third-order valence-electron chi connectivity index (χ3n) is 7.65. The maximum atomic E-state index is 13.7. The average molecular weight is 532 g/mol. The highest BCUT2D eigenvalue weighted by atomic mass is 32.2. The summed E-state index contributed by atoms with van der Waals surface area (Å²) in [5, 5.41) is -0.232. The summed E-state index contributed by atoms with van der Waals surface area (Å²) in [6.45, 7) is 3.14. The second kappa shape index (κ2) is 9.29. The summed E-state index contributed by atoms with van der Waals surface area (Å²) in [6.07, 6.45) is -0.627. The van der Waals surface area contributed by atoms with Gasteiger partial charge in [0.1, 0.15) is 11.6 Å². The van der Waals surface area contributed by atoms with Gasteiger partial charge < -0.3 is 10.6 Å². The molecule has 0 amide bonds. The normalized spacial score (nSPS) is 19.5. The summed E-state index contributed by atoms with van der Waals surface area (Å²) in [7, 11) is -4.21. The van der Waals surface area contributed by atoms with E-state index in [0.29, 0.717) is 11.4 Å². The predicted octanol–water partition coefficient (Wildman–Crippen LogP) is 4.98. The summed E-state index contributed by atoms with van der Waals surface area (Å²) in [4.78, 5) is 10.5. The van der Waals surface area contributed by atoms with E-state index in [-0.39, 0.29) is 33.6 Å². The van der Waals surface area contributed by atoms with Gasteiger partial charge in [0.15, 0.2) is 5.03 Å². The molecule has 0 unspecified atom stereocenters. The summed E-state index contributed by atoms with van der Waals surface area (Å²) < 4.78 is 69.8. The van der Waals surface area contributed by atoms with Gasteiger partial charge in [-0.05, 0) is 67.9 Å². The Balaban J connectivity index is 1.41. The van der Waals surface area contributed by atoms with E-state index in [1.807, 2.05) is 4.90 Å². The minimum absolute atomic E-state index is 0.185. The van der Waals surface area contributed by atoms with Gasteiger partial charge in [0.05, 0.1) is 11.3 Å². The molecule has 37 heavy (non-hydrogen) atoms. The second-order valence-corrected chi connectivity index (χ2v) is 11.5. The topological polar surface area (TPSA) is 101 Å². The van der Waals surface area contributed by atoms with Crippen LogP contribution in [0, 0.1) is 12.3 Å². The Morgan fingerprint density at radius 2 is 1.73 bits per heavy atom. The molecule has 3 aromatic rings. The molecule has 2 aliphatic rings. The van der Waals surface area contributed by atoms with E-state index in [9.17, 15) is 21.6 Å². The summed E-state index contributed by atoms with van der Waals surface area (Å²) in [5.41, 5.74) is 5.98. The lowest BCUT2D eigenvalue weighted by molar-refractivity contribution is -0.137. The van der Waals surface area contributed by atoms with Crippen LogP contribution in [-0.2, 0) is 16.2 Å². The van der Waals surface area contributed by atoms with Gasteiger partial charge in [-0.25, -0.2) is 9.97 Å². The van der Waals surface area contributed by atoms with Crippen LogP contribution in [0.1, 0.15) is 36.8 Å². The third kappa shape index (κ3) is 4.89. The number of nitrogens with two attached hydrogens (primary N) is 1. The van der Waals surface area contributed by atoms with E-state index in [0.717, 1.165) is 50.9 Å². The lowest BCUT2D eigenvalue weighted by atomic mass is 9.60. The van der Waals surface area contributed by atoms with Gasteiger partial charge in [0.2, 0.25) is 0 Å². The maximum absolute atomic E-state index is 13.7. The molecule has 0 bridgehead atoms. The van der Waals surface area contributed by atoms with Crippen LogP contribution in [0.3, 0.4) is 0 Å². The zero-order chi connectivity index (χ0) is 26.4. The van der Waals surface area contributed by atoms with E-state index >= 15 is 0 Å². The zero-order valence-corrected chi connectivity index (χ0v) is 21.1. The van der Waals surface area contributed by atoms with Crippen molar-refractivity contribution >= 4 is 21.7 Å². The van der Waals surface area contributed by atoms with E-state index < -0.39 is 21.8 Å². The van der Waals surface area contributed by atoms with Crippen molar-refractivity contribution in [3.63, 3.8) is 0 Å². The molecule has 1 aliphatic carbocycles. The van der Waals surface area contributed by atoms with Gasteiger partial charge in [0, 0.05) is 24.7 Å². The Morgan fingerprint density at radius 1 is 1.00 bits per heavy atom. The molecule has 1 aliphatic heterocycles. The van der Waals surface area contributed by atoms with Crippen molar-refractivity contribution in [3.8, 4) is 11.3 Å². The number of aryl methyl sites for hydroxylation is 1. The van der Waals surface area contributed by atoms with Crippen LogP contribution in [0.5, 0.6) is 0 Å². The third-order valence-corrected chi connectivity index (χ3v) is 8.90. The highest BCUT2D eigenvalue weighted by molar-refractivity contribution is 7.92. The van der Waals surface area contributed by atoms with Crippen LogP contribution in [0.4, 0.5) is 24.8 Å². The minimum atomic E-state index is -4.66. The fraction of sp³-hybridized carbons (Fsp3) is 0.385. The van der Waals surface area contributed by atoms with Crippen LogP contribution >= 0.6 is 0 Å². The number of benzene rings is 1. The Kier molecular flexibility index (Phi) is 6.39. The number of piperidine rings is 1. The predicted molar refractivity (Wildman–Crippen MR) is 136 cm³/mol. The molecule has 1 aromatic carbocycles. The molecule has 11 heteroatoms. The van der Waals surface area contributed by atoms with Crippen molar-refractivity contribution in [2.24, 2.45) is 11.1 Å². The fourth-order valence-electron chi connectivity index (χ4n) is 5.23. The highest BCUT2D eigenvalue weighted by Gasteiger charge is 2.46. The number of anilines is 2. The number of sulfonamides is 1. The largest absolute Gasteiger partial charge is 0.418 e. The van der Waals surface area contributed by atoms with Crippen LogP contribution < -0.4 is 15.4 Å². The molecular weight excluding hydrogens is 503 g/mol. The monoisotopic (exact) mass is 531 g/mol. The first-order chi connectivity index (χ1) is 17.5. The van der Waals surface area contributed by atoms with Gasteiger partial charge in [-0.2, -0.15) is 21.6 Å². The molecule has 3 heterocycles. The lowest BCUT2D eigenvalue weighted by Gasteiger charge is -2.52. The van der Waals surface area contributed by atoms with Crippen molar-refractivity contribution in [2.75, 3.05) is 22.7 Å². The molecule has 1 saturated carbocycles. The first kappa shape index (κ1) is 25.5. The van der Waals surface area contributed by atoms with E-state index in [4.69, 9.17) is 5.73 Å². The highest BCUT2D eigenvalue weighted by Crippen LogP contribution is 2.48. The molecule has 1 atom stereocenters. The molecular formula is C26H28F3N5O2S. The van der Waals surface area contributed by atoms with Crippen molar-refractivity contribution < 1.29 is 21.6 Å². The first-order valence-corrected chi connectivity index (χ1v) is 13.6. The maximum Gasteiger partial charge on any atom is 0.418 e. The van der Waals surface area contributed by atoms with Crippen LogP contribution in [0.25, 0.3) is 11.3 Å². The van der Waals surface area contributed by atoms with Crippen molar-refractivity contribution in [1.82, 2.24) is 9.97 Å². The molecule has 2 aromatic heterocycles. The number of halogens is 3. The minimum Gasteiger partial charge on any atom is -0.357 e. The number of alkyl halides is 3. The van der Waals surface area contributed by atoms with Gasteiger partial charge in [-0.3, -0.25) is 4.72 Å². The summed E-state index contributed by atoms with van der Waals surface area (Å²) >= 11 is 0. The number of rotatable bonds is 5. The molecule has 3 N–H and O–H groups in total. The Morgan fingerprint density at radius 3 is 2.35 bits per heavy atom. The van der Waals surface area contributed by atoms with Gasteiger partial charge in [0.25, 0.3) is 10.0 Å². The van der Waals surface area contributed by atoms with E-state index in [2.05, 4.69) is 14.7 Å². The van der Waals surface area contributed by atoms with Crippen molar-refractivity contribution in [2.45, 2.75) is 49.9 Å². The molecule has 1 spiro atoms. The molecule has 5 rings (SSSR count). The van der Waals surface area contributed by atoms with Crippen LogP contribution in [0.2, 0.25) is 0 Å². The smallest absolute Gasteiger partial charge is 0.357 e. The van der Waals surface area contributed by atoms with Crippen molar-refractivity contribution in [3.05, 3.63) is 65.7 Å². The van der Waals surface area contributed by atoms with Crippen LogP contribution in [-0.4, -0.2) is 37.5 Å². The number of hydrogen-bond acceptors (Lipinski definition) is 6. The Hall–Kier alpha value is -3.18. The Bertz CT molecular complexity index is 1420. The number of hydrogen-bond donors (Lipinski definition) is 2. The standard InChI is InChI=1S/C26H28F3N5O2S/c1-17-5-2-3-6-18(17)24-19(26(27,28)29)9-10-21(31-24)33-37(35,36)23-8-4-7-22(32-23)34-15-13-25(14-16-34)12-11-20(25)30/h2-10,20H,11-16,30H2,1H3,(H,31,33)/t20-/m0/s1. The fourth-order valence-corrected chi connectivity index (χ4v) is 6.19. The molecule has 7 nitrogen and oxygen atoms in total. The molecule has 2 fully saturated rings. The zero-order valence-electron chi connectivity index (χ0n) is 20.3. The number of aromatic nitrogens is 2. The number of nitrogens with zero attached hydrogens (tertiary/aromatic N) is 3. The SMILES string of the molecule is Cc1ccccc1-c1nc(NS(=O)(=O)c2cccc(N3CCC4(CC[C@@H]4N)CC3)n2)ccc1C(F)(F)F. The summed E-state index contributed by atoms with van der Waals surface area (Å²) in [6, 6.07) is 13.3. The quantitative estimate of drug-likeness (QED) is 0.482. The van der Waals surface area contributed by atoms with Gasteiger partial charge in [-0.1, -0.05) is 30.3 Å². The average Bonchev–Trinajstić information content (AvgIpc) is 2.87. The number of pyridine rings is 2. The van der Waals surface area contributed by atoms with Gasteiger partial charge in [-0.15, -0.1) is 0 Å². The summed E-state index contributed by atoms with van der Waals surface area (Å²) in [5.74, 6) is 0.309. The first-order valence-electron chi connectivity index (χ1n) is 12.1. The van der Waals surface area contributed by atoms with Gasteiger partial charge >= 0.3 is 6.18 Å². The molecule has 1 saturated heterocycles. The molecule has 196 valence electrons. The second-order valence-electron chi connectivity index (χ2n) is 9.84.